The lowest BCUT2D eigenvalue weighted by atomic mass is 9.64. The van der Waals surface area contributed by atoms with E-state index in [1.165, 1.54) is 6.42 Å². The van der Waals surface area contributed by atoms with Crippen LogP contribution in [0.4, 0.5) is 0 Å². The van der Waals surface area contributed by atoms with Crippen molar-refractivity contribution in [1.29, 1.82) is 0 Å². The van der Waals surface area contributed by atoms with Crippen molar-refractivity contribution in [3.63, 3.8) is 0 Å². The molecule has 1 saturated heterocycles. The van der Waals surface area contributed by atoms with Gasteiger partial charge in [-0.15, -0.1) is 0 Å². The highest BCUT2D eigenvalue weighted by molar-refractivity contribution is 5.97. The fraction of sp³-hybridized carbons (Fsp3) is 0.696. The van der Waals surface area contributed by atoms with E-state index in [0.717, 1.165) is 50.2 Å². The topological polar surface area (TPSA) is 53.0 Å². The molecule has 1 saturated carbocycles. The molecule has 2 aliphatic heterocycles. The molecule has 0 aromatic heterocycles. The molecule has 154 valence electrons. The van der Waals surface area contributed by atoms with Gasteiger partial charge in [-0.25, -0.2) is 0 Å². The minimum Gasteiger partial charge on any atom is -0.507 e. The van der Waals surface area contributed by atoms with Crippen LogP contribution in [0.2, 0.25) is 0 Å². The summed E-state index contributed by atoms with van der Waals surface area (Å²) in [6.07, 6.45) is 4.32. The zero-order valence-corrected chi connectivity index (χ0v) is 17.7. The predicted molar refractivity (Wildman–Crippen MR) is 110 cm³/mol. The molecule has 0 bridgehead atoms. The van der Waals surface area contributed by atoms with Crippen molar-refractivity contribution in [3.05, 3.63) is 23.3 Å². The average molecular weight is 387 g/mol. The number of rotatable bonds is 1. The molecule has 3 aliphatic rings. The summed E-state index contributed by atoms with van der Waals surface area (Å²) in [5, 5.41) is 11.2. The van der Waals surface area contributed by atoms with Gasteiger partial charge in [-0.2, -0.15) is 0 Å². The van der Waals surface area contributed by atoms with Crippen LogP contribution in [0.1, 0.15) is 68.3 Å². The van der Waals surface area contributed by atoms with Gasteiger partial charge in [0.05, 0.1) is 5.56 Å². The van der Waals surface area contributed by atoms with Crippen LogP contribution < -0.4 is 4.74 Å². The highest BCUT2D eigenvalue weighted by atomic mass is 16.5. The zero-order chi connectivity index (χ0) is 20.1. The van der Waals surface area contributed by atoms with Crippen molar-refractivity contribution in [2.24, 2.45) is 11.8 Å². The highest BCUT2D eigenvalue weighted by Crippen LogP contribution is 2.55. The summed E-state index contributed by atoms with van der Waals surface area (Å²) in [7, 11) is 2.09. The Morgan fingerprint density at radius 1 is 1.18 bits per heavy atom. The molecule has 0 spiro atoms. The van der Waals surface area contributed by atoms with E-state index in [1.54, 1.807) is 6.07 Å². The molecule has 1 amide bonds. The number of hydrogen-bond acceptors (Lipinski definition) is 4. The number of amides is 1. The predicted octanol–water partition coefficient (Wildman–Crippen LogP) is 3.86. The summed E-state index contributed by atoms with van der Waals surface area (Å²) in [4.78, 5) is 17.4. The lowest BCUT2D eigenvalue weighted by Gasteiger charge is -2.49. The number of phenols is 1. The number of phenolic OH excluding ortho intramolecular Hbond substituents is 1. The normalized spacial score (nSPS) is 30.0. The zero-order valence-electron chi connectivity index (χ0n) is 17.7. The van der Waals surface area contributed by atoms with Gasteiger partial charge in [0, 0.05) is 31.1 Å². The van der Waals surface area contributed by atoms with E-state index in [0.29, 0.717) is 23.9 Å². The summed E-state index contributed by atoms with van der Waals surface area (Å²) in [6.45, 7) is 9.94. The monoisotopic (exact) mass is 386 g/mol. The standard InChI is InChI=1S/C23H34N2O3/c1-15-6-8-18-17(14-15)20-19(28-23(18,2)3)9-7-16(21(20)26)22(27)25-11-5-10-24(4)12-13-25/h7,9,15,17-18,26H,5-6,8,10-14H2,1-4H3/t15-,17-,18-/m1/s1. The molecule has 3 atom stereocenters. The van der Waals surface area contributed by atoms with Crippen LogP contribution in [0.25, 0.3) is 0 Å². The van der Waals surface area contributed by atoms with Gasteiger partial charge in [0.15, 0.2) is 0 Å². The Hall–Kier alpha value is -1.75. The first-order chi connectivity index (χ1) is 13.3. The Morgan fingerprint density at radius 2 is 1.96 bits per heavy atom. The van der Waals surface area contributed by atoms with Crippen molar-refractivity contribution in [2.45, 2.75) is 58.0 Å². The number of aromatic hydroxyl groups is 1. The summed E-state index contributed by atoms with van der Waals surface area (Å²) in [6, 6.07) is 3.66. The summed E-state index contributed by atoms with van der Waals surface area (Å²) in [5.41, 5.74) is 1.06. The Morgan fingerprint density at radius 3 is 2.75 bits per heavy atom. The number of nitrogens with zero attached hydrogens (tertiary/aromatic N) is 2. The van der Waals surface area contributed by atoms with Gasteiger partial charge in [0.2, 0.25) is 0 Å². The second kappa shape index (κ2) is 7.25. The second-order valence-corrected chi connectivity index (χ2v) is 9.66. The molecular formula is C23H34N2O3. The maximum Gasteiger partial charge on any atom is 0.257 e. The SMILES string of the molecule is C[C@@H]1CC[C@@H]2[C@@H](C1)c1c(ccc(C(=O)N3CCCN(C)CC3)c1O)OC2(C)C. The molecule has 5 heteroatoms. The van der Waals surface area contributed by atoms with Crippen LogP contribution in [-0.4, -0.2) is 59.6 Å². The van der Waals surface area contributed by atoms with Crippen LogP contribution in [0.5, 0.6) is 11.5 Å². The number of carbonyl (C=O) groups excluding carboxylic acids is 1. The maximum absolute atomic E-state index is 13.2. The van der Waals surface area contributed by atoms with Gasteiger partial charge in [0.1, 0.15) is 17.1 Å². The van der Waals surface area contributed by atoms with Crippen LogP contribution in [0.15, 0.2) is 12.1 Å². The smallest absolute Gasteiger partial charge is 0.257 e. The maximum atomic E-state index is 13.2. The van der Waals surface area contributed by atoms with E-state index in [2.05, 4.69) is 32.7 Å². The van der Waals surface area contributed by atoms with Gasteiger partial charge in [-0.05, 0) is 70.7 Å². The molecule has 4 rings (SSSR count). The molecule has 1 aromatic carbocycles. The lowest BCUT2D eigenvalue weighted by molar-refractivity contribution is -0.0145. The van der Waals surface area contributed by atoms with E-state index in [-0.39, 0.29) is 23.2 Å². The van der Waals surface area contributed by atoms with Gasteiger partial charge < -0.3 is 19.6 Å². The Labute approximate surface area is 168 Å². The first-order valence-electron chi connectivity index (χ1n) is 10.8. The number of ether oxygens (including phenoxy) is 1. The van der Waals surface area contributed by atoms with Crippen molar-refractivity contribution < 1.29 is 14.6 Å². The fourth-order valence-electron chi connectivity index (χ4n) is 5.52. The van der Waals surface area contributed by atoms with Gasteiger partial charge in [0.25, 0.3) is 5.91 Å². The first kappa shape index (κ1) is 19.6. The average Bonchev–Trinajstić information content (AvgIpc) is 2.85. The van der Waals surface area contributed by atoms with Crippen molar-refractivity contribution in [2.75, 3.05) is 33.2 Å². The molecule has 0 radical (unpaired) electrons. The van der Waals surface area contributed by atoms with Gasteiger partial charge in [-0.1, -0.05) is 13.3 Å². The van der Waals surface area contributed by atoms with Gasteiger partial charge >= 0.3 is 0 Å². The Balaban J connectivity index is 1.69. The molecular weight excluding hydrogens is 352 g/mol. The van der Waals surface area contributed by atoms with Crippen LogP contribution in [-0.2, 0) is 0 Å². The van der Waals surface area contributed by atoms with E-state index in [9.17, 15) is 9.90 Å². The van der Waals surface area contributed by atoms with Crippen LogP contribution in [0.3, 0.4) is 0 Å². The number of hydrogen-bond donors (Lipinski definition) is 1. The fourth-order valence-corrected chi connectivity index (χ4v) is 5.52. The number of benzene rings is 1. The first-order valence-corrected chi connectivity index (χ1v) is 10.8. The summed E-state index contributed by atoms with van der Waals surface area (Å²) < 4.78 is 6.33. The van der Waals surface area contributed by atoms with Crippen molar-refractivity contribution >= 4 is 5.91 Å². The molecule has 5 nitrogen and oxygen atoms in total. The molecule has 1 aromatic rings. The third-order valence-electron chi connectivity index (χ3n) is 7.16. The number of carbonyl (C=O) groups is 1. The summed E-state index contributed by atoms with van der Waals surface area (Å²) >= 11 is 0. The minimum absolute atomic E-state index is 0.0548. The molecule has 28 heavy (non-hydrogen) atoms. The lowest BCUT2D eigenvalue weighted by Crippen LogP contribution is -2.46. The van der Waals surface area contributed by atoms with Crippen molar-refractivity contribution in [3.8, 4) is 11.5 Å². The largest absolute Gasteiger partial charge is 0.507 e. The molecule has 2 fully saturated rings. The second-order valence-electron chi connectivity index (χ2n) is 9.66. The van der Waals surface area contributed by atoms with E-state index in [1.807, 2.05) is 11.0 Å². The van der Waals surface area contributed by atoms with Crippen molar-refractivity contribution in [1.82, 2.24) is 9.80 Å². The highest BCUT2D eigenvalue weighted by Gasteiger charge is 2.47. The summed E-state index contributed by atoms with van der Waals surface area (Å²) in [5.74, 6) is 2.11. The van der Waals surface area contributed by atoms with E-state index < -0.39 is 0 Å². The van der Waals surface area contributed by atoms with Gasteiger partial charge in [-0.3, -0.25) is 4.79 Å². The third kappa shape index (κ3) is 3.38. The Kier molecular flexibility index (Phi) is 5.07. The molecule has 0 unspecified atom stereocenters. The minimum atomic E-state index is -0.245. The molecule has 1 aliphatic carbocycles. The van der Waals surface area contributed by atoms with Crippen LogP contribution >= 0.6 is 0 Å². The third-order valence-corrected chi connectivity index (χ3v) is 7.16. The number of likely N-dealkylation sites (N-methyl/N-ethyl adjacent to an activating group) is 1. The van der Waals surface area contributed by atoms with Crippen LogP contribution in [0, 0.1) is 11.8 Å². The van der Waals surface area contributed by atoms with E-state index in [4.69, 9.17) is 4.74 Å². The number of fused-ring (bicyclic) bond motifs is 3. The quantitative estimate of drug-likeness (QED) is 0.796. The molecule has 1 N–H and O–H groups in total. The van der Waals surface area contributed by atoms with E-state index >= 15 is 0 Å². The molecule has 2 heterocycles. The Bertz CT molecular complexity index is 760.